The van der Waals surface area contributed by atoms with Gasteiger partial charge in [-0.2, -0.15) is 13.2 Å². The number of alkyl halides is 3. The fourth-order valence-electron chi connectivity index (χ4n) is 2.78. The highest BCUT2D eigenvalue weighted by Gasteiger charge is 2.44. The Morgan fingerprint density at radius 2 is 1.67 bits per heavy atom. The standard InChI is InChI=1S/C18H15F4N3O2/c19-13-3-1-12(2-4-13)17(5-6-17)7-15-23-8-11(9-24-15)14(26)10-25-16(27)18(20,21)22/h1-4,8-9H,5-7,10H2,(H,25,27). The summed E-state index contributed by atoms with van der Waals surface area (Å²) in [5.74, 6) is -2.74. The first-order valence-electron chi connectivity index (χ1n) is 8.15. The quantitative estimate of drug-likeness (QED) is 0.617. The van der Waals surface area contributed by atoms with Crippen LogP contribution in [0.2, 0.25) is 0 Å². The van der Waals surface area contributed by atoms with Gasteiger partial charge >= 0.3 is 12.1 Å². The van der Waals surface area contributed by atoms with Crippen molar-refractivity contribution in [1.29, 1.82) is 0 Å². The molecular formula is C18H15F4N3O2. The average molecular weight is 381 g/mol. The Morgan fingerprint density at radius 1 is 1.07 bits per heavy atom. The van der Waals surface area contributed by atoms with E-state index in [1.54, 1.807) is 12.1 Å². The van der Waals surface area contributed by atoms with E-state index in [1.165, 1.54) is 29.8 Å². The lowest BCUT2D eigenvalue weighted by Gasteiger charge is -2.14. The number of hydrogen-bond acceptors (Lipinski definition) is 4. The maximum atomic E-state index is 13.1. The van der Waals surface area contributed by atoms with Crippen LogP contribution in [0.4, 0.5) is 17.6 Å². The number of ketones is 1. The second kappa shape index (κ2) is 7.05. The molecule has 1 aromatic carbocycles. The van der Waals surface area contributed by atoms with Crippen molar-refractivity contribution in [2.45, 2.75) is 30.9 Å². The molecule has 0 atom stereocenters. The van der Waals surface area contributed by atoms with Crippen LogP contribution in [-0.2, 0) is 16.6 Å². The number of hydrogen-bond donors (Lipinski definition) is 1. The first-order valence-corrected chi connectivity index (χ1v) is 8.15. The molecule has 1 fully saturated rings. The molecule has 142 valence electrons. The Labute approximate surface area is 151 Å². The maximum Gasteiger partial charge on any atom is 0.471 e. The van der Waals surface area contributed by atoms with Crippen LogP contribution in [0, 0.1) is 5.82 Å². The number of amides is 1. The summed E-state index contributed by atoms with van der Waals surface area (Å²) in [5, 5.41) is 1.51. The number of aromatic nitrogens is 2. The third kappa shape index (κ3) is 4.47. The number of nitrogens with zero attached hydrogens (tertiary/aromatic N) is 2. The third-order valence-corrected chi connectivity index (χ3v) is 4.50. The molecule has 1 aromatic heterocycles. The highest BCUT2D eigenvalue weighted by atomic mass is 19.4. The molecule has 1 N–H and O–H groups in total. The molecule has 0 aliphatic heterocycles. The Hall–Kier alpha value is -2.84. The summed E-state index contributed by atoms with van der Waals surface area (Å²) in [4.78, 5) is 30.8. The third-order valence-electron chi connectivity index (χ3n) is 4.50. The summed E-state index contributed by atoms with van der Waals surface area (Å²) in [7, 11) is 0. The summed E-state index contributed by atoms with van der Waals surface area (Å²) in [5.41, 5.74) is 0.843. The van der Waals surface area contributed by atoms with Crippen molar-refractivity contribution in [2.75, 3.05) is 6.54 Å². The van der Waals surface area contributed by atoms with Gasteiger partial charge in [-0.05, 0) is 30.5 Å². The van der Waals surface area contributed by atoms with E-state index in [2.05, 4.69) is 9.97 Å². The smallest absolute Gasteiger partial charge is 0.341 e. The molecule has 1 amide bonds. The van der Waals surface area contributed by atoms with Crippen LogP contribution in [0.25, 0.3) is 0 Å². The van der Waals surface area contributed by atoms with Crippen molar-refractivity contribution >= 4 is 11.7 Å². The van der Waals surface area contributed by atoms with E-state index in [0.717, 1.165) is 18.4 Å². The second-order valence-corrected chi connectivity index (χ2v) is 6.46. The molecule has 0 unspecified atom stereocenters. The van der Waals surface area contributed by atoms with Crippen LogP contribution in [0.1, 0.15) is 34.6 Å². The first-order chi connectivity index (χ1) is 12.7. The predicted octanol–water partition coefficient (Wildman–Crippen LogP) is 2.75. The van der Waals surface area contributed by atoms with Crippen LogP contribution >= 0.6 is 0 Å². The van der Waals surface area contributed by atoms with Gasteiger partial charge < -0.3 is 5.32 Å². The lowest BCUT2D eigenvalue weighted by molar-refractivity contribution is -0.173. The highest BCUT2D eigenvalue weighted by Crippen LogP contribution is 2.50. The molecule has 1 aliphatic rings. The number of carbonyl (C=O) groups excluding carboxylic acids is 2. The average Bonchev–Trinajstić information content (AvgIpc) is 3.40. The zero-order chi connectivity index (χ0) is 19.7. The van der Waals surface area contributed by atoms with Gasteiger partial charge in [0.2, 0.25) is 0 Å². The number of carbonyl (C=O) groups is 2. The highest BCUT2D eigenvalue weighted by molar-refractivity contribution is 5.99. The minimum atomic E-state index is -5.04. The molecule has 27 heavy (non-hydrogen) atoms. The molecule has 5 nitrogen and oxygen atoms in total. The molecule has 1 aliphatic carbocycles. The zero-order valence-corrected chi connectivity index (χ0v) is 14.0. The molecule has 0 radical (unpaired) electrons. The molecule has 1 heterocycles. The maximum absolute atomic E-state index is 13.1. The largest absolute Gasteiger partial charge is 0.471 e. The molecule has 1 saturated carbocycles. The van der Waals surface area contributed by atoms with Crippen molar-refractivity contribution in [2.24, 2.45) is 0 Å². The second-order valence-electron chi connectivity index (χ2n) is 6.46. The lowest BCUT2D eigenvalue weighted by atomic mass is 9.92. The van der Waals surface area contributed by atoms with Gasteiger partial charge in [-0.3, -0.25) is 9.59 Å². The summed E-state index contributed by atoms with van der Waals surface area (Å²) >= 11 is 0. The van der Waals surface area contributed by atoms with Crippen molar-refractivity contribution in [1.82, 2.24) is 15.3 Å². The van der Waals surface area contributed by atoms with Crippen LogP contribution in [0.15, 0.2) is 36.7 Å². The predicted molar refractivity (Wildman–Crippen MR) is 86.4 cm³/mol. The normalized spacial score (nSPS) is 15.3. The molecule has 9 heteroatoms. The summed E-state index contributed by atoms with van der Waals surface area (Å²) < 4.78 is 49.4. The number of halogens is 4. The summed E-state index contributed by atoms with van der Waals surface area (Å²) in [6.45, 7) is -0.791. The van der Waals surface area contributed by atoms with Gasteiger partial charge in [0.25, 0.3) is 0 Å². The van der Waals surface area contributed by atoms with Gasteiger partial charge in [-0.1, -0.05) is 12.1 Å². The van der Waals surface area contributed by atoms with E-state index in [-0.39, 0.29) is 16.8 Å². The molecule has 2 aromatic rings. The zero-order valence-electron chi connectivity index (χ0n) is 14.0. The minimum absolute atomic E-state index is 0.00727. The van der Waals surface area contributed by atoms with E-state index in [0.29, 0.717) is 12.2 Å². The molecule has 3 rings (SSSR count). The van der Waals surface area contributed by atoms with Crippen molar-refractivity contribution in [3.63, 3.8) is 0 Å². The van der Waals surface area contributed by atoms with Crippen LogP contribution < -0.4 is 5.32 Å². The van der Waals surface area contributed by atoms with Gasteiger partial charge in [0.1, 0.15) is 11.6 Å². The number of nitrogens with one attached hydrogen (secondary N) is 1. The Morgan fingerprint density at radius 3 is 2.19 bits per heavy atom. The first kappa shape index (κ1) is 18.9. The van der Waals surface area contributed by atoms with Gasteiger partial charge in [0, 0.05) is 24.2 Å². The van der Waals surface area contributed by atoms with E-state index >= 15 is 0 Å². The minimum Gasteiger partial charge on any atom is -0.341 e. The molecular weight excluding hydrogens is 366 g/mol. The van der Waals surface area contributed by atoms with Gasteiger partial charge in [-0.25, -0.2) is 14.4 Å². The van der Waals surface area contributed by atoms with Gasteiger partial charge in [0.15, 0.2) is 5.78 Å². The number of Topliss-reactive ketones (excluding diaryl/α,β-unsaturated/α-hetero) is 1. The van der Waals surface area contributed by atoms with Crippen LogP contribution in [0.3, 0.4) is 0 Å². The Kier molecular flexibility index (Phi) is 4.95. The fourth-order valence-corrected chi connectivity index (χ4v) is 2.78. The van der Waals surface area contributed by atoms with Crippen LogP contribution in [-0.4, -0.2) is 34.4 Å². The summed E-state index contributed by atoms with van der Waals surface area (Å²) in [6, 6.07) is 6.24. The lowest BCUT2D eigenvalue weighted by Crippen LogP contribution is -2.39. The molecule has 0 saturated heterocycles. The topological polar surface area (TPSA) is 72.0 Å². The van der Waals surface area contributed by atoms with E-state index < -0.39 is 24.4 Å². The van der Waals surface area contributed by atoms with E-state index in [9.17, 15) is 27.2 Å². The molecule has 0 spiro atoms. The van der Waals surface area contributed by atoms with Crippen LogP contribution in [0.5, 0.6) is 0 Å². The number of benzene rings is 1. The Bertz CT molecular complexity index is 844. The fraction of sp³-hybridized carbons (Fsp3) is 0.333. The molecule has 0 bridgehead atoms. The van der Waals surface area contributed by atoms with E-state index in [4.69, 9.17) is 0 Å². The number of rotatable bonds is 6. The SMILES string of the molecule is O=C(CNC(=O)C(F)(F)F)c1cnc(CC2(c3ccc(F)cc3)CC2)nc1. The van der Waals surface area contributed by atoms with Crippen molar-refractivity contribution in [3.8, 4) is 0 Å². The van der Waals surface area contributed by atoms with Gasteiger partial charge in [-0.15, -0.1) is 0 Å². The summed E-state index contributed by atoms with van der Waals surface area (Å²) in [6.07, 6.45) is -0.258. The van der Waals surface area contributed by atoms with Gasteiger partial charge in [0.05, 0.1) is 12.1 Å². The Balaban J connectivity index is 1.61. The van der Waals surface area contributed by atoms with Crippen molar-refractivity contribution in [3.05, 3.63) is 59.4 Å². The monoisotopic (exact) mass is 381 g/mol. The van der Waals surface area contributed by atoms with Crippen molar-refractivity contribution < 1.29 is 27.2 Å². The van der Waals surface area contributed by atoms with E-state index in [1.807, 2.05) is 0 Å².